The van der Waals surface area contributed by atoms with Crippen molar-refractivity contribution in [1.82, 2.24) is 4.98 Å². The van der Waals surface area contributed by atoms with Crippen LogP contribution in [0.4, 0.5) is 10.9 Å². The van der Waals surface area contributed by atoms with Gasteiger partial charge in [-0.25, -0.2) is 4.98 Å². The summed E-state index contributed by atoms with van der Waals surface area (Å²) >= 11 is 1.24. The molecule has 6 heteroatoms. The van der Waals surface area contributed by atoms with Crippen molar-refractivity contribution < 1.29 is 9.59 Å². The lowest BCUT2D eigenvalue weighted by Crippen LogP contribution is -2.08. The van der Waals surface area contributed by atoms with Crippen LogP contribution in [-0.2, 0) is 9.59 Å². The number of carbonyl (C=O) groups is 2. The van der Waals surface area contributed by atoms with Gasteiger partial charge in [0.15, 0.2) is 5.13 Å². The highest BCUT2D eigenvalue weighted by atomic mass is 32.1. The zero-order chi connectivity index (χ0) is 10.6. The Labute approximate surface area is 84.8 Å². The number of amides is 2. The molecule has 0 aromatic carbocycles. The number of rotatable bonds is 3. The summed E-state index contributed by atoms with van der Waals surface area (Å²) in [5.41, 5.74) is 0. The Morgan fingerprint density at radius 3 is 2.86 bits per heavy atom. The monoisotopic (exact) mass is 211 g/mol. The summed E-state index contributed by atoms with van der Waals surface area (Å²) in [6, 6.07) is 0. The van der Waals surface area contributed by atoms with Gasteiger partial charge in [-0.1, -0.05) is 6.58 Å². The van der Waals surface area contributed by atoms with Gasteiger partial charge in [-0.2, -0.15) is 0 Å². The minimum atomic E-state index is -0.329. The number of aromatic nitrogens is 1. The van der Waals surface area contributed by atoms with E-state index in [4.69, 9.17) is 0 Å². The molecule has 0 unspecified atom stereocenters. The van der Waals surface area contributed by atoms with Crippen molar-refractivity contribution in [3.8, 4) is 0 Å². The Hall–Kier alpha value is -1.69. The Kier molecular flexibility index (Phi) is 3.35. The SMILES string of the molecule is C=CC(=O)Nc1csc(NC(C)=O)n1. The van der Waals surface area contributed by atoms with Crippen LogP contribution in [0.25, 0.3) is 0 Å². The zero-order valence-electron chi connectivity index (χ0n) is 7.53. The molecule has 1 rings (SSSR count). The predicted octanol–water partition coefficient (Wildman–Crippen LogP) is 1.23. The van der Waals surface area contributed by atoms with E-state index in [1.807, 2.05) is 0 Å². The van der Waals surface area contributed by atoms with Crippen molar-refractivity contribution in [2.75, 3.05) is 10.6 Å². The number of hydrogen-bond donors (Lipinski definition) is 2. The first-order valence-corrected chi connectivity index (χ1v) is 4.66. The van der Waals surface area contributed by atoms with Crippen LogP contribution in [0, 0.1) is 0 Å². The molecule has 0 atom stereocenters. The van der Waals surface area contributed by atoms with E-state index in [-0.39, 0.29) is 11.8 Å². The van der Waals surface area contributed by atoms with E-state index in [9.17, 15) is 9.59 Å². The molecule has 0 aliphatic heterocycles. The van der Waals surface area contributed by atoms with Crippen molar-refractivity contribution in [1.29, 1.82) is 0 Å². The maximum Gasteiger partial charge on any atom is 0.248 e. The van der Waals surface area contributed by atoms with Crippen LogP contribution in [0.1, 0.15) is 6.92 Å². The zero-order valence-corrected chi connectivity index (χ0v) is 8.35. The molecule has 74 valence electrons. The molecule has 0 aliphatic carbocycles. The Balaban J connectivity index is 2.63. The van der Waals surface area contributed by atoms with Gasteiger partial charge < -0.3 is 10.6 Å². The topological polar surface area (TPSA) is 71.1 Å². The van der Waals surface area contributed by atoms with Crippen LogP contribution in [0.2, 0.25) is 0 Å². The van der Waals surface area contributed by atoms with Gasteiger partial charge in [0.05, 0.1) is 0 Å². The summed E-state index contributed by atoms with van der Waals surface area (Å²) in [5.74, 6) is -0.116. The summed E-state index contributed by atoms with van der Waals surface area (Å²) in [4.78, 5) is 25.5. The van der Waals surface area contributed by atoms with Crippen molar-refractivity contribution >= 4 is 34.1 Å². The molecular weight excluding hydrogens is 202 g/mol. The third-order valence-electron chi connectivity index (χ3n) is 1.22. The molecule has 0 radical (unpaired) electrons. The van der Waals surface area contributed by atoms with Gasteiger partial charge in [0.25, 0.3) is 0 Å². The van der Waals surface area contributed by atoms with E-state index < -0.39 is 0 Å². The molecule has 0 saturated heterocycles. The number of thiazole rings is 1. The number of nitrogens with zero attached hydrogens (tertiary/aromatic N) is 1. The van der Waals surface area contributed by atoms with Crippen LogP contribution in [0.15, 0.2) is 18.0 Å². The molecule has 0 fully saturated rings. The van der Waals surface area contributed by atoms with Crippen molar-refractivity contribution in [2.45, 2.75) is 6.92 Å². The highest BCUT2D eigenvalue weighted by molar-refractivity contribution is 7.14. The smallest absolute Gasteiger partial charge is 0.248 e. The van der Waals surface area contributed by atoms with Gasteiger partial charge >= 0.3 is 0 Å². The molecule has 1 aromatic rings. The first-order valence-electron chi connectivity index (χ1n) is 3.78. The molecule has 14 heavy (non-hydrogen) atoms. The van der Waals surface area contributed by atoms with E-state index in [0.29, 0.717) is 10.9 Å². The molecule has 2 N–H and O–H groups in total. The second-order valence-corrected chi connectivity index (χ2v) is 3.27. The molecule has 5 nitrogen and oxygen atoms in total. The third kappa shape index (κ3) is 2.98. The molecule has 1 heterocycles. The molecule has 0 aliphatic rings. The van der Waals surface area contributed by atoms with Gasteiger partial charge in [-0.15, -0.1) is 11.3 Å². The number of nitrogens with one attached hydrogen (secondary N) is 2. The first-order chi connectivity index (χ1) is 6.61. The Morgan fingerprint density at radius 1 is 1.57 bits per heavy atom. The molecule has 1 aromatic heterocycles. The van der Waals surface area contributed by atoms with Gasteiger partial charge in [-0.3, -0.25) is 9.59 Å². The normalized spacial score (nSPS) is 9.21. The molecule has 0 spiro atoms. The van der Waals surface area contributed by atoms with Gasteiger partial charge in [0.1, 0.15) is 5.82 Å². The van der Waals surface area contributed by atoms with Crippen LogP contribution >= 0.6 is 11.3 Å². The van der Waals surface area contributed by atoms with E-state index in [0.717, 1.165) is 6.08 Å². The van der Waals surface area contributed by atoms with Gasteiger partial charge in [0, 0.05) is 12.3 Å². The average Bonchev–Trinajstić information content (AvgIpc) is 2.51. The number of carbonyl (C=O) groups excluding carboxylic acids is 2. The molecule has 2 amide bonds. The summed E-state index contributed by atoms with van der Waals surface area (Å²) in [5, 5.41) is 7.07. The van der Waals surface area contributed by atoms with Crippen molar-refractivity contribution in [3.63, 3.8) is 0 Å². The lowest BCUT2D eigenvalue weighted by Gasteiger charge is -1.95. The quantitative estimate of drug-likeness (QED) is 0.738. The Morgan fingerprint density at radius 2 is 2.29 bits per heavy atom. The average molecular weight is 211 g/mol. The highest BCUT2D eigenvalue weighted by Crippen LogP contribution is 2.18. The summed E-state index contributed by atoms with van der Waals surface area (Å²) < 4.78 is 0. The standard InChI is InChI=1S/C8H9N3O2S/c1-3-7(13)10-6-4-14-8(11-6)9-5(2)12/h3-4H,1H2,2H3,(H,10,13)(H,9,11,12). The lowest BCUT2D eigenvalue weighted by molar-refractivity contribution is -0.114. The minimum absolute atomic E-state index is 0.194. The fourth-order valence-electron chi connectivity index (χ4n) is 0.716. The predicted molar refractivity (Wildman–Crippen MR) is 55.2 cm³/mol. The van der Waals surface area contributed by atoms with Gasteiger partial charge in [-0.05, 0) is 6.08 Å². The summed E-state index contributed by atoms with van der Waals surface area (Å²) in [6.07, 6.45) is 1.15. The lowest BCUT2D eigenvalue weighted by atomic mass is 10.6. The second kappa shape index (κ2) is 4.52. The highest BCUT2D eigenvalue weighted by Gasteiger charge is 2.04. The Bertz CT molecular complexity index is 372. The van der Waals surface area contributed by atoms with Crippen molar-refractivity contribution in [3.05, 3.63) is 18.0 Å². The van der Waals surface area contributed by atoms with E-state index >= 15 is 0 Å². The van der Waals surface area contributed by atoms with E-state index in [1.165, 1.54) is 18.3 Å². The van der Waals surface area contributed by atoms with Crippen LogP contribution in [-0.4, -0.2) is 16.8 Å². The number of anilines is 2. The van der Waals surface area contributed by atoms with E-state index in [1.54, 1.807) is 5.38 Å². The van der Waals surface area contributed by atoms with Crippen LogP contribution < -0.4 is 10.6 Å². The molecular formula is C8H9N3O2S. The number of hydrogen-bond acceptors (Lipinski definition) is 4. The summed E-state index contributed by atoms with van der Waals surface area (Å²) in [7, 11) is 0. The maximum absolute atomic E-state index is 10.9. The molecule has 0 bridgehead atoms. The van der Waals surface area contributed by atoms with Gasteiger partial charge in [0.2, 0.25) is 11.8 Å². The maximum atomic E-state index is 10.9. The fourth-order valence-corrected chi connectivity index (χ4v) is 1.41. The molecule has 0 saturated carbocycles. The fraction of sp³-hybridized carbons (Fsp3) is 0.125. The van der Waals surface area contributed by atoms with E-state index in [2.05, 4.69) is 22.2 Å². The third-order valence-corrected chi connectivity index (χ3v) is 1.98. The minimum Gasteiger partial charge on any atom is -0.306 e. The summed E-state index contributed by atoms with van der Waals surface area (Å²) in [6.45, 7) is 4.70. The second-order valence-electron chi connectivity index (χ2n) is 2.41. The van der Waals surface area contributed by atoms with Crippen LogP contribution in [0.3, 0.4) is 0 Å². The first kappa shape index (κ1) is 10.4. The largest absolute Gasteiger partial charge is 0.306 e. The van der Waals surface area contributed by atoms with Crippen LogP contribution in [0.5, 0.6) is 0 Å². The van der Waals surface area contributed by atoms with Crippen molar-refractivity contribution in [2.24, 2.45) is 0 Å².